The predicted molar refractivity (Wildman–Crippen MR) is 163 cm³/mol. The molecule has 40 heavy (non-hydrogen) atoms. The van der Waals surface area contributed by atoms with Crippen LogP contribution in [0.15, 0.2) is 54.9 Å². The molecule has 1 aliphatic carbocycles. The summed E-state index contributed by atoms with van der Waals surface area (Å²) in [6.45, 7) is 2.52. The number of hydrogen-bond donors (Lipinski definition) is 1. The Morgan fingerprint density at radius 2 is 1.65 bits per heavy atom. The Kier molecular flexibility index (Phi) is 11.6. The van der Waals surface area contributed by atoms with E-state index in [-0.39, 0.29) is 31.9 Å². The molecule has 2 heterocycles. The van der Waals surface area contributed by atoms with Gasteiger partial charge in [-0.3, -0.25) is 9.78 Å². The van der Waals surface area contributed by atoms with Gasteiger partial charge in [-0.15, -0.1) is 24.2 Å². The topological polar surface area (TPSA) is 59.2 Å². The summed E-state index contributed by atoms with van der Waals surface area (Å²) in [5, 5.41) is -0.0124. The highest BCUT2D eigenvalue weighted by atomic mass is 35.5. The first-order valence-corrected chi connectivity index (χ1v) is 14.5. The van der Waals surface area contributed by atoms with Crippen LogP contribution in [0, 0.1) is 24.5 Å². The summed E-state index contributed by atoms with van der Waals surface area (Å²) < 4.78 is 29.1. The first kappa shape index (κ1) is 31.2. The molecule has 0 bridgehead atoms. The number of aromatic nitrogens is 1. The number of nitrogens with two attached hydrogens (primary N) is 1. The van der Waals surface area contributed by atoms with E-state index in [2.05, 4.69) is 48.7 Å². The van der Waals surface area contributed by atoms with Crippen molar-refractivity contribution in [2.45, 2.75) is 58.0 Å². The third-order valence-corrected chi connectivity index (χ3v) is 8.77. The third-order valence-electron chi connectivity index (χ3n) is 7.09. The molecule has 0 spiro atoms. The molecule has 1 fully saturated rings. The maximum Gasteiger partial charge on any atom is 0.266 e. The Labute approximate surface area is 244 Å². The Hall–Kier alpha value is -3.31. The Morgan fingerprint density at radius 3 is 2.27 bits per heavy atom. The Morgan fingerprint density at radius 1 is 1.00 bits per heavy atom. The zero-order chi connectivity index (χ0) is 29.2. The van der Waals surface area contributed by atoms with Crippen LogP contribution in [0.5, 0.6) is 0 Å². The summed E-state index contributed by atoms with van der Waals surface area (Å²) in [5.41, 5.74) is 8.86. The van der Waals surface area contributed by atoms with Crippen LogP contribution in [0.25, 0.3) is 21.2 Å². The molecule has 210 valence electrons. The lowest BCUT2D eigenvalue weighted by Crippen LogP contribution is -2.41. The number of aryl methyl sites for hydroxylation is 1. The lowest BCUT2D eigenvalue weighted by molar-refractivity contribution is 0.0619. The zero-order valence-electron chi connectivity index (χ0n) is 22.8. The fourth-order valence-electron chi connectivity index (χ4n) is 5.15. The molecule has 2 aromatic carbocycles. The van der Waals surface area contributed by atoms with Crippen molar-refractivity contribution >= 4 is 38.9 Å². The van der Waals surface area contributed by atoms with Gasteiger partial charge in [0.15, 0.2) is 0 Å². The van der Waals surface area contributed by atoms with Gasteiger partial charge in [-0.05, 0) is 78.9 Å². The molecular formula is C32H34ClF2N3OS. The molecule has 0 radical (unpaired) electrons. The quantitative estimate of drug-likeness (QED) is 0.233. The molecule has 1 aliphatic rings. The summed E-state index contributed by atoms with van der Waals surface area (Å²) in [4.78, 5) is 20.2. The van der Waals surface area contributed by atoms with E-state index in [9.17, 15) is 13.6 Å². The summed E-state index contributed by atoms with van der Waals surface area (Å²) >= 11 is 7.47. The number of carbonyl (C=O) groups excluding carboxylic acids is 1. The van der Waals surface area contributed by atoms with Gasteiger partial charge in [-0.25, -0.2) is 8.78 Å². The summed E-state index contributed by atoms with van der Waals surface area (Å²) in [5.74, 6) is -1.45. The van der Waals surface area contributed by atoms with Gasteiger partial charge in [0.05, 0.1) is 15.1 Å². The highest BCUT2D eigenvalue weighted by Gasteiger charge is 2.31. The molecule has 4 nitrogen and oxygen atoms in total. The van der Waals surface area contributed by atoms with Gasteiger partial charge in [-0.1, -0.05) is 49.9 Å². The number of nitrogens with zero attached hydrogens (tertiary/aromatic N) is 2. The number of rotatable bonds is 6. The van der Waals surface area contributed by atoms with Crippen molar-refractivity contribution in [3.8, 4) is 24.0 Å². The maximum absolute atomic E-state index is 14.5. The molecule has 0 atom stereocenters. The largest absolute Gasteiger partial charge is 0.333 e. The number of hydrogen-bond acceptors (Lipinski definition) is 4. The van der Waals surface area contributed by atoms with Gasteiger partial charge in [0, 0.05) is 25.0 Å². The fourth-order valence-corrected chi connectivity index (χ4v) is 6.66. The second kappa shape index (κ2) is 14.9. The smallest absolute Gasteiger partial charge is 0.266 e. The normalized spacial score (nSPS) is 13.1. The van der Waals surface area contributed by atoms with Gasteiger partial charge in [-0.2, -0.15) is 0 Å². The van der Waals surface area contributed by atoms with Crippen LogP contribution in [0.4, 0.5) is 8.78 Å². The number of thiophene rings is 1. The predicted octanol–water partition coefficient (Wildman–Crippen LogP) is 8.26. The minimum absolute atomic E-state index is 0.000870. The molecule has 0 saturated heterocycles. The average Bonchev–Trinajstić information content (AvgIpc) is 3.38. The van der Waals surface area contributed by atoms with Gasteiger partial charge in [0.25, 0.3) is 5.91 Å². The molecule has 8 heteroatoms. The average molecular weight is 582 g/mol. The van der Waals surface area contributed by atoms with E-state index < -0.39 is 11.6 Å². The van der Waals surface area contributed by atoms with E-state index in [1.54, 1.807) is 12.4 Å². The molecule has 1 saturated carbocycles. The van der Waals surface area contributed by atoms with E-state index in [1.165, 1.54) is 12.6 Å². The third kappa shape index (κ3) is 6.69. The van der Waals surface area contributed by atoms with Crippen LogP contribution >= 0.6 is 22.9 Å². The van der Waals surface area contributed by atoms with E-state index in [0.29, 0.717) is 6.54 Å². The van der Waals surface area contributed by atoms with Crippen LogP contribution in [0.3, 0.4) is 0 Å². The minimum atomic E-state index is -0.616. The highest BCUT2D eigenvalue weighted by Crippen LogP contribution is 2.40. The Bertz CT molecular complexity index is 1450. The lowest BCUT2D eigenvalue weighted by atomic mass is 9.92. The fraction of sp³-hybridized carbons (Fsp3) is 0.312. The van der Waals surface area contributed by atoms with Crippen LogP contribution in [0.1, 0.15) is 59.8 Å². The van der Waals surface area contributed by atoms with Crippen molar-refractivity contribution < 1.29 is 13.6 Å². The molecule has 2 N–H and O–H groups in total. The van der Waals surface area contributed by atoms with Crippen LogP contribution in [0.2, 0.25) is 5.02 Å². The maximum atomic E-state index is 14.5. The van der Waals surface area contributed by atoms with Crippen molar-refractivity contribution in [2.75, 3.05) is 7.05 Å². The van der Waals surface area contributed by atoms with Crippen molar-refractivity contribution in [1.29, 1.82) is 0 Å². The van der Waals surface area contributed by atoms with Gasteiger partial charge >= 0.3 is 0 Å². The van der Waals surface area contributed by atoms with Crippen molar-refractivity contribution in [3.05, 3.63) is 87.5 Å². The number of terminal acetylenes is 1. The summed E-state index contributed by atoms with van der Waals surface area (Å²) in [6, 6.07) is 12.5. The lowest BCUT2D eigenvalue weighted by Gasteiger charge is -2.35. The number of halogens is 3. The number of amides is 1. The van der Waals surface area contributed by atoms with E-state index >= 15 is 0 Å². The zero-order valence-corrected chi connectivity index (χ0v) is 24.4. The highest BCUT2D eigenvalue weighted by molar-refractivity contribution is 7.21. The second-order valence-corrected chi connectivity index (χ2v) is 10.7. The number of benzene rings is 2. The number of pyridine rings is 1. The van der Waals surface area contributed by atoms with Crippen LogP contribution in [-0.4, -0.2) is 28.9 Å². The second-order valence-electron chi connectivity index (χ2n) is 9.28. The first-order chi connectivity index (χ1) is 19.5. The minimum Gasteiger partial charge on any atom is -0.333 e. The molecule has 0 unspecified atom stereocenters. The van der Waals surface area contributed by atoms with Crippen molar-refractivity contribution in [3.63, 3.8) is 0 Å². The monoisotopic (exact) mass is 581 g/mol. The molecule has 4 aromatic rings. The van der Waals surface area contributed by atoms with Crippen LogP contribution in [-0.2, 0) is 13.0 Å². The summed E-state index contributed by atoms with van der Waals surface area (Å²) in [7, 11) is 1.50. The van der Waals surface area contributed by atoms with Gasteiger partial charge in [0.1, 0.15) is 16.5 Å². The standard InChI is InChI=1S/C29H27ClF2N2OS.C2H2.CH5N/c1-2-18-8-9-20(19-12-14-33-15-13-19)16-21(18)17-34(22-6-4-3-5-7-22)29(35)28-26(30)25-23(31)10-11-24(32)27(25)36-28;2*1-2/h8-16,22H,2-7,17H2,1H3;1-2H;2H2,1H3. The molecular weight excluding hydrogens is 548 g/mol. The number of fused-ring (bicyclic) bond motifs is 1. The SMILES string of the molecule is C#C.CCc1ccc(-c2ccncc2)cc1CN(C(=O)c1sc2c(F)ccc(F)c2c1Cl)C1CCCCC1.CN. The molecule has 5 rings (SSSR count). The summed E-state index contributed by atoms with van der Waals surface area (Å²) in [6.07, 6.45) is 17.4. The van der Waals surface area contributed by atoms with E-state index in [0.717, 1.165) is 78.7 Å². The van der Waals surface area contributed by atoms with Crippen molar-refractivity contribution in [1.82, 2.24) is 9.88 Å². The Balaban J connectivity index is 0.00000106. The van der Waals surface area contributed by atoms with E-state index in [1.807, 2.05) is 17.0 Å². The van der Waals surface area contributed by atoms with Crippen molar-refractivity contribution in [2.24, 2.45) is 5.73 Å². The number of carbonyl (C=O) groups is 1. The molecule has 2 aromatic heterocycles. The van der Waals surface area contributed by atoms with Gasteiger partial charge < -0.3 is 10.6 Å². The van der Waals surface area contributed by atoms with Crippen LogP contribution < -0.4 is 5.73 Å². The first-order valence-electron chi connectivity index (χ1n) is 13.3. The molecule has 0 aliphatic heterocycles. The van der Waals surface area contributed by atoms with E-state index in [4.69, 9.17) is 11.6 Å². The molecule has 1 amide bonds. The van der Waals surface area contributed by atoms with Gasteiger partial charge in [0.2, 0.25) is 0 Å².